The van der Waals surface area contributed by atoms with Gasteiger partial charge in [0.2, 0.25) is 15.9 Å². The normalized spacial score (nSPS) is 16.5. The van der Waals surface area contributed by atoms with E-state index in [2.05, 4.69) is 6.07 Å². The van der Waals surface area contributed by atoms with Crippen molar-refractivity contribution < 1.29 is 17.9 Å². The average molecular weight is 436 g/mol. The first kappa shape index (κ1) is 20.8. The van der Waals surface area contributed by atoms with Crippen LogP contribution in [-0.2, 0) is 21.4 Å². The van der Waals surface area contributed by atoms with E-state index in [-0.39, 0.29) is 10.8 Å². The fourth-order valence-electron chi connectivity index (χ4n) is 4.06. The van der Waals surface area contributed by atoms with Gasteiger partial charge in [0.1, 0.15) is 5.75 Å². The number of ether oxygens (including phenoxy) is 1. The predicted octanol–water partition coefficient (Wildman–Crippen LogP) is 2.88. The molecule has 158 valence electrons. The Kier molecular flexibility index (Phi) is 5.39. The molecule has 0 saturated carbocycles. The van der Waals surface area contributed by atoms with Gasteiger partial charge in [0, 0.05) is 13.1 Å². The molecular weight excluding hydrogens is 414 g/mol. The molecule has 1 fully saturated rings. The summed E-state index contributed by atoms with van der Waals surface area (Å²) in [6.45, 7) is 0.853. The number of amides is 1. The first-order valence-electron chi connectivity index (χ1n) is 9.72. The Morgan fingerprint density at radius 3 is 2.68 bits per heavy atom. The second-order valence-corrected chi connectivity index (χ2v) is 9.09. The van der Waals surface area contributed by atoms with E-state index >= 15 is 0 Å². The third kappa shape index (κ3) is 4.10. The minimum atomic E-state index is -4.04. The first-order valence-corrected chi connectivity index (χ1v) is 11.3. The molecule has 8 heteroatoms. The van der Waals surface area contributed by atoms with Gasteiger partial charge in [0.25, 0.3) is 0 Å². The maximum absolute atomic E-state index is 13.2. The number of nitrogens with zero attached hydrogens (tertiary/aromatic N) is 2. The van der Waals surface area contributed by atoms with Crippen molar-refractivity contribution in [1.29, 1.82) is 5.26 Å². The van der Waals surface area contributed by atoms with Gasteiger partial charge in [-0.1, -0.05) is 18.2 Å². The molecule has 0 radical (unpaired) electrons. The molecule has 0 aromatic heterocycles. The molecule has 1 amide bonds. The zero-order valence-electron chi connectivity index (χ0n) is 16.9. The minimum absolute atomic E-state index is 0.0417. The highest BCUT2D eigenvalue weighted by atomic mass is 32.2. The van der Waals surface area contributed by atoms with E-state index in [1.165, 1.54) is 13.2 Å². The summed E-state index contributed by atoms with van der Waals surface area (Å²) in [5, 5.41) is 16.1. The highest BCUT2D eigenvalue weighted by Gasteiger charge is 2.36. The number of hydrogen-bond acceptors (Lipinski definition) is 5. The van der Waals surface area contributed by atoms with Crippen molar-refractivity contribution in [1.82, 2.24) is 4.90 Å². The van der Waals surface area contributed by atoms with E-state index in [1.807, 2.05) is 12.1 Å². The predicted molar refractivity (Wildman–Crippen MR) is 116 cm³/mol. The second kappa shape index (κ2) is 8.02. The van der Waals surface area contributed by atoms with Gasteiger partial charge in [-0.2, -0.15) is 5.26 Å². The number of nitrogens with two attached hydrogens (primary N) is 1. The fraction of sp³-hybridized carbons (Fsp3) is 0.217. The average Bonchev–Trinajstić information content (AvgIpc) is 3.11. The van der Waals surface area contributed by atoms with Gasteiger partial charge in [-0.15, -0.1) is 0 Å². The summed E-state index contributed by atoms with van der Waals surface area (Å²) in [5.74, 6) is -0.151. The zero-order chi connectivity index (χ0) is 22.2. The van der Waals surface area contributed by atoms with Crippen LogP contribution in [-0.4, -0.2) is 32.9 Å². The third-order valence-electron chi connectivity index (χ3n) is 5.58. The zero-order valence-corrected chi connectivity index (χ0v) is 17.7. The molecule has 1 saturated heterocycles. The van der Waals surface area contributed by atoms with Crippen LogP contribution in [0.1, 0.15) is 29.0 Å². The highest BCUT2D eigenvalue weighted by molar-refractivity contribution is 7.89. The number of fused-ring (bicyclic) bond motifs is 1. The molecule has 1 aliphatic heterocycles. The Morgan fingerprint density at radius 2 is 1.97 bits per heavy atom. The lowest BCUT2D eigenvalue weighted by Crippen LogP contribution is -2.27. The lowest BCUT2D eigenvalue weighted by molar-refractivity contribution is -0.129. The standard InChI is InChI=1S/C23H21N3O4S/c1-30-19-6-5-17-11-21(22(31(25,28)29)12-18(17)10-19)20-7-8-26(23(20)27)14-16-4-2-3-15(9-16)13-24/h2-6,9-12,20H,7-8,14H2,1H3,(H2,25,28,29)/t20-/m0/s1. The summed E-state index contributed by atoms with van der Waals surface area (Å²) in [6.07, 6.45) is 0.487. The number of hydrogen-bond donors (Lipinski definition) is 1. The molecule has 0 bridgehead atoms. The first-order chi connectivity index (χ1) is 14.8. The van der Waals surface area contributed by atoms with Crippen molar-refractivity contribution in [2.24, 2.45) is 5.14 Å². The van der Waals surface area contributed by atoms with Gasteiger partial charge in [0.15, 0.2) is 0 Å². The van der Waals surface area contributed by atoms with Gasteiger partial charge in [0.05, 0.1) is 29.6 Å². The van der Waals surface area contributed by atoms with E-state index in [4.69, 9.17) is 15.1 Å². The maximum Gasteiger partial charge on any atom is 0.238 e. The van der Waals surface area contributed by atoms with Crippen molar-refractivity contribution in [3.8, 4) is 11.8 Å². The van der Waals surface area contributed by atoms with Crippen molar-refractivity contribution in [3.05, 3.63) is 71.3 Å². The number of likely N-dealkylation sites (tertiary alicyclic amines) is 1. The Labute approximate surface area is 180 Å². The van der Waals surface area contributed by atoms with Crippen LogP contribution in [0.25, 0.3) is 10.8 Å². The number of rotatable bonds is 5. The van der Waals surface area contributed by atoms with E-state index in [9.17, 15) is 13.2 Å². The summed E-state index contributed by atoms with van der Waals surface area (Å²) in [4.78, 5) is 14.8. The minimum Gasteiger partial charge on any atom is -0.497 e. The number of sulfonamides is 1. The Hall–Kier alpha value is -3.41. The van der Waals surface area contributed by atoms with Crippen LogP contribution >= 0.6 is 0 Å². The molecule has 3 aromatic carbocycles. The molecule has 3 aromatic rings. The number of methoxy groups -OCH3 is 1. The van der Waals surface area contributed by atoms with Gasteiger partial charge in [-0.3, -0.25) is 4.79 Å². The Bertz CT molecular complexity index is 1330. The quantitative estimate of drug-likeness (QED) is 0.662. The van der Waals surface area contributed by atoms with Crippen molar-refractivity contribution in [2.75, 3.05) is 13.7 Å². The molecule has 1 heterocycles. The molecule has 31 heavy (non-hydrogen) atoms. The van der Waals surface area contributed by atoms with Crippen LogP contribution in [0.5, 0.6) is 5.75 Å². The molecule has 1 atom stereocenters. The molecule has 1 aliphatic rings. The molecule has 2 N–H and O–H groups in total. The SMILES string of the molecule is COc1ccc2cc([C@@H]3CCN(Cc4cccc(C#N)c4)C3=O)c(S(N)(=O)=O)cc2c1. The molecular formula is C23H21N3O4S. The number of benzene rings is 3. The molecule has 0 spiro atoms. The third-order valence-corrected chi connectivity index (χ3v) is 6.55. The van der Waals surface area contributed by atoms with Crippen molar-refractivity contribution in [2.45, 2.75) is 23.8 Å². The number of nitriles is 1. The summed E-state index contributed by atoms with van der Waals surface area (Å²) in [7, 11) is -2.50. The Balaban J connectivity index is 1.71. The lowest BCUT2D eigenvalue weighted by Gasteiger charge is -2.19. The largest absolute Gasteiger partial charge is 0.497 e. The molecule has 0 unspecified atom stereocenters. The molecule has 7 nitrogen and oxygen atoms in total. The van der Waals surface area contributed by atoms with Gasteiger partial charge in [-0.25, -0.2) is 13.6 Å². The summed E-state index contributed by atoms with van der Waals surface area (Å²) >= 11 is 0. The number of carbonyl (C=O) groups is 1. The smallest absolute Gasteiger partial charge is 0.238 e. The number of primary sulfonamides is 1. The van der Waals surface area contributed by atoms with Crippen LogP contribution in [0, 0.1) is 11.3 Å². The maximum atomic E-state index is 13.2. The molecule has 4 rings (SSSR count). The molecule has 0 aliphatic carbocycles. The summed E-state index contributed by atoms with van der Waals surface area (Å²) < 4.78 is 29.9. The summed E-state index contributed by atoms with van der Waals surface area (Å²) in [5.41, 5.74) is 1.80. The van der Waals surface area contributed by atoms with Crippen LogP contribution in [0.2, 0.25) is 0 Å². The highest BCUT2D eigenvalue weighted by Crippen LogP contribution is 2.36. The van der Waals surface area contributed by atoms with E-state index in [0.717, 1.165) is 10.9 Å². The van der Waals surface area contributed by atoms with Crippen LogP contribution in [0.3, 0.4) is 0 Å². The van der Waals surface area contributed by atoms with E-state index < -0.39 is 15.9 Å². The van der Waals surface area contributed by atoms with Gasteiger partial charge >= 0.3 is 0 Å². The number of carbonyl (C=O) groups excluding carboxylic acids is 1. The monoisotopic (exact) mass is 435 g/mol. The Morgan fingerprint density at radius 1 is 1.16 bits per heavy atom. The van der Waals surface area contributed by atoms with Crippen LogP contribution < -0.4 is 9.88 Å². The van der Waals surface area contributed by atoms with E-state index in [0.29, 0.717) is 41.8 Å². The van der Waals surface area contributed by atoms with Crippen LogP contribution in [0.4, 0.5) is 0 Å². The van der Waals surface area contributed by atoms with Crippen molar-refractivity contribution >= 4 is 26.7 Å². The lowest BCUT2D eigenvalue weighted by atomic mass is 9.95. The van der Waals surface area contributed by atoms with Crippen molar-refractivity contribution in [3.63, 3.8) is 0 Å². The van der Waals surface area contributed by atoms with Gasteiger partial charge < -0.3 is 9.64 Å². The van der Waals surface area contributed by atoms with E-state index in [1.54, 1.807) is 41.3 Å². The summed E-state index contributed by atoms with van der Waals surface area (Å²) in [6, 6.07) is 17.8. The van der Waals surface area contributed by atoms with Crippen LogP contribution in [0.15, 0.2) is 59.5 Å². The fourth-order valence-corrected chi connectivity index (χ4v) is 4.88. The topological polar surface area (TPSA) is 113 Å². The second-order valence-electron chi connectivity index (χ2n) is 7.56. The van der Waals surface area contributed by atoms with Gasteiger partial charge in [-0.05, 0) is 64.7 Å².